The second-order valence-electron chi connectivity index (χ2n) is 18.0. The van der Waals surface area contributed by atoms with Crippen LogP contribution in [-0.2, 0) is 75.1 Å². The maximum absolute atomic E-state index is 14.3. The van der Waals surface area contributed by atoms with Crippen molar-refractivity contribution in [3.05, 3.63) is 65.7 Å². The van der Waals surface area contributed by atoms with Gasteiger partial charge in [-0.15, -0.1) is 0 Å². The fourth-order valence-electron chi connectivity index (χ4n) is 7.71. The van der Waals surface area contributed by atoms with Gasteiger partial charge in [0.2, 0.25) is 53.2 Å². The number of amides is 9. The van der Waals surface area contributed by atoms with Gasteiger partial charge in [-0.1, -0.05) is 48.9 Å². The molecule has 11 N–H and O–H groups in total. The molecule has 406 valence electrons. The standard InChI is InChI=1S/C52H75N9O13/c1-34(62)56-26-10-8-14-41(61-52(73)42(59-35(2)63)20-22-46(53)67)45(66)30-38(44(65)31-39(43(64)21-23-47(54)68)29-37-11-5-4-6-12-37)13-7-9-27-57-50(71)32-74-33-51(72)60-40-18-15-36(16-19-40)17-24-49(70)58-28-25-48(69)55-3/h4-6,11-12,15-16,18-19,38-39,41-42H,7-10,13-14,17,20-33H2,1-3H3,(H2,53,67)(H2,54,68)(H,55,69)(H,56,62)(H,57,71)(H,58,70)(H,59,63)(H,60,72)(H,61,73)/t38-,39-,41+,42+/m1/s1. The lowest BCUT2D eigenvalue weighted by Gasteiger charge is -2.25. The van der Waals surface area contributed by atoms with Crippen molar-refractivity contribution in [2.45, 2.75) is 129 Å². The molecular formula is C52H75N9O13. The number of ketones is 3. The van der Waals surface area contributed by atoms with Gasteiger partial charge < -0.3 is 53.4 Å². The van der Waals surface area contributed by atoms with Crippen molar-refractivity contribution in [3.8, 4) is 0 Å². The van der Waals surface area contributed by atoms with Gasteiger partial charge in [0.25, 0.3) is 0 Å². The molecule has 74 heavy (non-hydrogen) atoms. The number of aryl methyl sites for hydroxylation is 1. The summed E-state index contributed by atoms with van der Waals surface area (Å²) >= 11 is 0. The zero-order valence-electron chi connectivity index (χ0n) is 42.8. The summed E-state index contributed by atoms with van der Waals surface area (Å²) in [6.07, 6.45) is 1.43. The number of unbranched alkanes of at least 4 members (excludes halogenated alkanes) is 2. The van der Waals surface area contributed by atoms with Crippen LogP contribution in [0.2, 0.25) is 0 Å². The van der Waals surface area contributed by atoms with E-state index in [1.54, 1.807) is 54.6 Å². The molecule has 0 fully saturated rings. The highest BCUT2D eigenvalue weighted by atomic mass is 16.5. The molecule has 4 atom stereocenters. The van der Waals surface area contributed by atoms with Crippen molar-refractivity contribution >= 4 is 76.2 Å². The minimum absolute atomic E-state index is 0.103. The van der Waals surface area contributed by atoms with Crippen molar-refractivity contribution in [1.82, 2.24) is 31.9 Å². The van der Waals surface area contributed by atoms with E-state index in [1.165, 1.54) is 20.9 Å². The molecule has 0 saturated carbocycles. The first kappa shape index (κ1) is 62.8. The number of ether oxygens (including phenoxy) is 1. The molecule has 0 saturated heterocycles. The van der Waals surface area contributed by atoms with E-state index < -0.39 is 84.1 Å². The van der Waals surface area contributed by atoms with E-state index in [2.05, 4.69) is 37.2 Å². The van der Waals surface area contributed by atoms with E-state index in [-0.39, 0.29) is 107 Å². The maximum atomic E-state index is 14.3. The highest BCUT2D eigenvalue weighted by molar-refractivity contribution is 5.96. The number of carbonyl (C=O) groups is 12. The van der Waals surface area contributed by atoms with Crippen molar-refractivity contribution in [2.24, 2.45) is 23.3 Å². The number of primary amides is 2. The van der Waals surface area contributed by atoms with Crippen LogP contribution in [0.4, 0.5) is 5.69 Å². The summed E-state index contributed by atoms with van der Waals surface area (Å²) in [5.74, 6) is -7.36. The Morgan fingerprint density at radius 2 is 1.14 bits per heavy atom. The molecule has 0 bridgehead atoms. The molecule has 2 aromatic rings. The van der Waals surface area contributed by atoms with Crippen molar-refractivity contribution in [3.63, 3.8) is 0 Å². The summed E-state index contributed by atoms with van der Waals surface area (Å²) in [5, 5.41) is 18.4. The Bertz CT molecular complexity index is 2210. The largest absolute Gasteiger partial charge is 0.370 e. The molecule has 9 amide bonds. The van der Waals surface area contributed by atoms with Gasteiger partial charge in [-0.05, 0) is 74.6 Å². The monoisotopic (exact) mass is 1030 g/mol. The number of hydrogen-bond donors (Lipinski definition) is 9. The van der Waals surface area contributed by atoms with E-state index >= 15 is 0 Å². The lowest BCUT2D eigenvalue weighted by Crippen LogP contribution is -2.51. The highest BCUT2D eigenvalue weighted by Crippen LogP contribution is 2.24. The van der Waals surface area contributed by atoms with Gasteiger partial charge in [0, 0.05) is 103 Å². The van der Waals surface area contributed by atoms with E-state index in [1.807, 2.05) is 0 Å². The number of nitrogens with one attached hydrogen (secondary N) is 7. The number of anilines is 1. The summed E-state index contributed by atoms with van der Waals surface area (Å²) in [4.78, 5) is 151. The summed E-state index contributed by atoms with van der Waals surface area (Å²) in [6, 6.07) is 13.5. The molecule has 0 aromatic heterocycles. The normalized spacial score (nSPS) is 12.4. The predicted molar refractivity (Wildman–Crippen MR) is 273 cm³/mol. The van der Waals surface area contributed by atoms with Gasteiger partial charge in [0.15, 0.2) is 5.78 Å². The average molecular weight is 1030 g/mol. The fraction of sp³-hybridized carbons (Fsp3) is 0.538. The lowest BCUT2D eigenvalue weighted by atomic mass is 9.82. The van der Waals surface area contributed by atoms with Crippen LogP contribution in [0.3, 0.4) is 0 Å². The van der Waals surface area contributed by atoms with Crippen LogP contribution < -0.4 is 48.7 Å². The Hall–Kier alpha value is -7.36. The smallest absolute Gasteiger partial charge is 0.250 e. The summed E-state index contributed by atoms with van der Waals surface area (Å²) in [7, 11) is 1.52. The Morgan fingerprint density at radius 3 is 1.77 bits per heavy atom. The Balaban J connectivity index is 2.12. The van der Waals surface area contributed by atoms with Gasteiger partial charge >= 0.3 is 0 Å². The van der Waals surface area contributed by atoms with Gasteiger partial charge in [-0.2, -0.15) is 0 Å². The first-order valence-corrected chi connectivity index (χ1v) is 25.0. The first-order chi connectivity index (χ1) is 35.3. The molecule has 22 heteroatoms. The third kappa shape index (κ3) is 28.6. The van der Waals surface area contributed by atoms with Crippen LogP contribution in [0.25, 0.3) is 0 Å². The van der Waals surface area contributed by atoms with Gasteiger partial charge in [0.1, 0.15) is 30.8 Å². The van der Waals surface area contributed by atoms with E-state index in [4.69, 9.17) is 16.2 Å². The Morgan fingerprint density at radius 1 is 0.514 bits per heavy atom. The molecule has 0 aliphatic rings. The molecule has 0 unspecified atom stereocenters. The summed E-state index contributed by atoms with van der Waals surface area (Å²) < 4.78 is 5.31. The van der Waals surface area contributed by atoms with Crippen LogP contribution in [0.1, 0.15) is 115 Å². The molecule has 0 aliphatic carbocycles. The number of Topliss-reactive ketones (excluding diaryl/α,β-unsaturated/α-hetero) is 3. The Labute approximate surface area is 432 Å². The van der Waals surface area contributed by atoms with Crippen LogP contribution in [0, 0.1) is 11.8 Å². The predicted octanol–water partition coefficient (Wildman–Crippen LogP) is 0.903. The number of nitrogens with two attached hydrogens (primary N) is 2. The highest BCUT2D eigenvalue weighted by Gasteiger charge is 2.32. The van der Waals surface area contributed by atoms with Crippen LogP contribution >= 0.6 is 0 Å². The van der Waals surface area contributed by atoms with Gasteiger partial charge in [-0.3, -0.25) is 57.5 Å². The zero-order valence-corrected chi connectivity index (χ0v) is 42.8. The molecule has 0 spiro atoms. The fourth-order valence-corrected chi connectivity index (χ4v) is 7.71. The van der Waals surface area contributed by atoms with Crippen LogP contribution in [0.5, 0.6) is 0 Å². The van der Waals surface area contributed by atoms with E-state index in [0.717, 1.165) is 11.1 Å². The number of carbonyl (C=O) groups excluding carboxylic acids is 12. The minimum Gasteiger partial charge on any atom is -0.370 e. The van der Waals surface area contributed by atoms with Gasteiger partial charge in [-0.25, -0.2) is 0 Å². The number of benzene rings is 2. The zero-order chi connectivity index (χ0) is 54.8. The van der Waals surface area contributed by atoms with Gasteiger partial charge in [0.05, 0.1) is 6.04 Å². The molecular weight excluding hydrogens is 959 g/mol. The number of hydrogen-bond acceptors (Lipinski definition) is 13. The van der Waals surface area contributed by atoms with Crippen LogP contribution in [-0.4, -0.2) is 122 Å². The second-order valence-corrected chi connectivity index (χ2v) is 18.0. The molecule has 2 aromatic carbocycles. The first-order valence-electron chi connectivity index (χ1n) is 25.0. The third-order valence-electron chi connectivity index (χ3n) is 11.7. The van der Waals surface area contributed by atoms with Crippen LogP contribution in [0.15, 0.2) is 54.6 Å². The topological polar surface area (TPSA) is 350 Å². The molecule has 0 aliphatic heterocycles. The van der Waals surface area contributed by atoms with E-state index in [0.29, 0.717) is 44.3 Å². The van der Waals surface area contributed by atoms with Crippen molar-refractivity contribution in [1.29, 1.82) is 0 Å². The minimum atomic E-state index is -1.20. The SMILES string of the molecule is CNC(=O)CCNC(=O)CCc1ccc(NC(=O)COCC(=O)NCCCC[C@H](CC(=O)[C@H](CCCCNC(C)=O)NC(=O)[C@H](CCC(N)=O)NC(C)=O)C(=O)C[C@@H](Cc2ccccc2)C(=O)CCC(N)=O)cc1. The summed E-state index contributed by atoms with van der Waals surface area (Å²) in [6.45, 7) is 2.39. The lowest BCUT2D eigenvalue weighted by molar-refractivity contribution is -0.134. The third-order valence-corrected chi connectivity index (χ3v) is 11.7. The quantitative estimate of drug-likeness (QED) is 0.0421. The Kier molecular flexibility index (Phi) is 30.3. The molecule has 0 radical (unpaired) electrons. The number of rotatable bonds is 39. The van der Waals surface area contributed by atoms with Crippen molar-refractivity contribution < 1.29 is 62.3 Å². The van der Waals surface area contributed by atoms with E-state index in [9.17, 15) is 57.5 Å². The second kappa shape index (κ2) is 35.7. The van der Waals surface area contributed by atoms with Crippen molar-refractivity contribution in [2.75, 3.05) is 45.2 Å². The molecule has 2 rings (SSSR count). The molecule has 22 nitrogen and oxygen atoms in total. The molecule has 0 heterocycles. The average Bonchev–Trinajstić information content (AvgIpc) is 3.35. The summed E-state index contributed by atoms with van der Waals surface area (Å²) in [5.41, 5.74) is 12.8. The maximum Gasteiger partial charge on any atom is 0.250 e.